The molecule has 0 aliphatic rings. The van der Waals surface area contributed by atoms with Crippen molar-refractivity contribution in [1.82, 2.24) is 9.88 Å². The number of rotatable bonds is 6. The van der Waals surface area contributed by atoms with E-state index < -0.39 is 0 Å². The lowest BCUT2D eigenvalue weighted by Gasteiger charge is -2.08. The molecule has 1 aromatic carbocycles. The molecule has 20 heavy (non-hydrogen) atoms. The van der Waals surface area contributed by atoms with Crippen LogP contribution in [0.1, 0.15) is 37.1 Å². The average molecular weight is 270 g/mol. The van der Waals surface area contributed by atoms with Gasteiger partial charge in [-0.05, 0) is 57.0 Å². The minimum atomic E-state index is 0.906. The van der Waals surface area contributed by atoms with Gasteiger partial charge >= 0.3 is 0 Å². The van der Waals surface area contributed by atoms with Crippen molar-refractivity contribution in [2.24, 2.45) is 0 Å². The Hall–Kier alpha value is -1.54. The molecule has 0 spiro atoms. The molecular formula is C18H26N2. The van der Waals surface area contributed by atoms with Crippen molar-refractivity contribution in [3.05, 3.63) is 47.2 Å². The number of fused-ring (bicyclic) bond motifs is 1. The van der Waals surface area contributed by atoms with Gasteiger partial charge in [0.05, 0.1) is 0 Å². The topological polar surface area (TPSA) is 17.0 Å². The van der Waals surface area contributed by atoms with Crippen molar-refractivity contribution in [2.45, 2.75) is 47.2 Å². The van der Waals surface area contributed by atoms with Crippen molar-refractivity contribution >= 4 is 10.9 Å². The molecule has 1 aromatic heterocycles. The Labute approximate surface area is 122 Å². The second-order valence-corrected chi connectivity index (χ2v) is 5.78. The number of hydrogen-bond donors (Lipinski definition) is 1. The van der Waals surface area contributed by atoms with Gasteiger partial charge in [-0.2, -0.15) is 0 Å². The lowest BCUT2D eigenvalue weighted by atomic mass is 10.1. The maximum absolute atomic E-state index is 4.04. The molecule has 1 heterocycles. The summed E-state index contributed by atoms with van der Waals surface area (Å²) in [4.78, 5) is 0. The van der Waals surface area contributed by atoms with Crippen LogP contribution in [0.25, 0.3) is 10.9 Å². The Morgan fingerprint density at radius 3 is 2.70 bits per heavy atom. The number of nitrogens with one attached hydrogen (secondary N) is 1. The first-order valence-corrected chi connectivity index (χ1v) is 7.48. The van der Waals surface area contributed by atoms with Crippen molar-refractivity contribution < 1.29 is 0 Å². The molecule has 0 aliphatic carbocycles. The maximum atomic E-state index is 4.04. The lowest BCUT2D eigenvalue weighted by molar-refractivity contribution is 0.676. The van der Waals surface area contributed by atoms with E-state index in [0.717, 1.165) is 19.6 Å². The molecule has 1 N–H and O–H groups in total. The first-order chi connectivity index (χ1) is 9.54. The smallest absolute Gasteiger partial charge is 0.0488 e. The van der Waals surface area contributed by atoms with Gasteiger partial charge in [-0.15, -0.1) is 0 Å². The largest absolute Gasteiger partial charge is 0.341 e. The average Bonchev–Trinajstić information content (AvgIpc) is 2.64. The van der Waals surface area contributed by atoms with E-state index in [1.807, 2.05) is 0 Å². The van der Waals surface area contributed by atoms with Gasteiger partial charge in [-0.1, -0.05) is 25.1 Å². The molecule has 0 amide bonds. The number of nitrogens with zero attached hydrogens (tertiary/aromatic N) is 1. The highest BCUT2D eigenvalue weighted by Gasteiger charge is 2.11. The van der Waals surface area contributed by atoms with E-state index in [0.29, 0.717) is 0 Å². The third kappa shape index (κ3) is 2.96. The first-order valence-electron chi connectivity index (χ1n) is 7.48. The van der Waals surface area contributed by atoms with Crippen LogP contribution in [0, 0.1) is 13.8 Å². The number of hydrogen-bond acceptors (Lipinski definition) is 1. The van der Waals surface area contributed by atoms with Crippen LogP contribution in [0.5, 0.6) is 0 Å². The van der Waals surface area contributed by atoms with E-state index in [1.54, 1.807) is 0 Å². The summed E-state index contributed by atoms with van der Waals surface area (Å²) < 4.78 is 2.37. The fraction of sp³-hybridized carbons (Fsp3) is 0.444. The fourth-order valence-electron chi connectivity index (χ4n) is 2.69. The highest BCUT2D eigenvalue weighted by molar-refractivity contribution is 5.86. The van der Waals surface area contributed by atoms with E-state index in [2.05, 4.69) is 62.4 Å². The number of aryl methyl sites for hydroxylation is 1. The Balaban J connectivity index is 2.38. The Morgan fingerprint density at radius 1 is 1.30 bits per heavy atom. The van der Waals surface area contributed by atoms with Gasteiger partial charge < -0.3 is 9.88 Å². The van der Waals surface area contributed by atoms with Crippen LogP contribution in [0.2, 0.25) is 0 Å². The SMILES string of the molecule is C=C(C)Cn1c(C)c(C)c2cc(CNCCC)ccc21. The molecule has 0 unspecified atom stereocenters. The normalized spacial score (nSPS) is 11.2. The van der Waals surface area contributed by atoms with Gasteiger partial charge in [-0.25, -0.2) is 0 Å². The summed E-state index contributed by atoms with van der Waals surface area (Å²) in [5.74, 6) is 0. The lowest BCUT2D eigenvalue weighted by Crippen LogP contribution is -2.13. The summed E-state index contributed by atoms with van der Waals surface area (Å²) in [5.41, 5.74) is 6.61. The molecule has 2 nitrogen and oxygen atoms in total. The molecule has 108 valence electrons. The van der Waals surface area contributed by atoms with E-state index >= 15 is 0 Å². The van der Waals surface area contributed by atoms with E-state index in [1.165, 1.54) is 39.7 Å². The third-order valence-corrected chi connectivity index (χ3v) is 3.89. The molecule has 2 aromatic rings. The molecule has 0 saturated heterocycles. The van der Waals surface area contributed by atoms with Gasteiger partial charge in [0.2, 0.25) is 0 Å². The molecule has 0 aliphatic heterocycles. The summed E-state index contributed by atoms with van der Waals surface area (Å²) in [6.07, 6.45) is 1.18. The summed E-state index contributed by atoms with van der Waals surface area (Å²) in [5, 5.41) is 4.84. The summed E-state index contributed by atoms with van der Waals surface area (Å²) in [7, 11) is 0. The maximum Gasteiger partial charge on any atom is 0.0488 e. The third-order valence-electron chi connectivity index (χ3n) is 3.89. The Kier molecular flexibility index (Phi) is 4.66. The van der Waals surface area contributed by atoms with Crippen LogP contribution >= 0.6 is 0 Å². The van der Waals surface area contributed by atoms with Crippen LogP contribution < -0.4 is 5.32 Å². The molecule has 0 atom stereocenters. The Morgan fingerprint density at radius 2 is 2.05 bits per heavy atom. The minimum absolute atomic E-state index is 0.906. The van der Waals surface area contributed by atoms with Crippen LogP contribution in [-0.2, 0) is 13.1 Å². The van der Waals surface area contributed by atoms with Gasteiger partial charge in [-0.3, -0.25) is 0 Å². The summed E-state index contributed by atoms with van der Waals surface area (Å²) in [6, 6.07) is 6.81. The molecule has 0 fully saturated rings. The molecule has 2 rings (SSSR count). The quantitative estimate of drug-likeness (QED) is 0.610. The Bertz CT molecular complexity index is 620. The number of benzene rings is 1. The fourth-order valence-corrected chi connectivity index (χ4v) is 2.69. The minimum Gasteiger partial charge on any atom is -0.341 e. The van der Waals surface area contributed by atoms with Crippen molar-refractivity contribution in [2.75, 3.05) is 6.54 Å². The van der Waals surface area contributed by atoms with Crippen LogP contribution in [0.15, 0.2) is 30.4 Å². The summed E-state index contributed by atoms with van der Waals surface area (Å²) in [6.45, 7) is 15.7. The van der Waals surface area contributed by atoms with E-state index in [9.17, 15) is 0 Å². The zero-order valence-electron chi connectivity index (χ0n) is 13.2. The standard InChI is InChI=1S/C18H26N2/c1-6-9-19-11-16-7-8-18-17(10-16)14(4)15(5)20(18)12-13(2)3/h7-8,10,19H,2,6,9,11-12H2,1,3-5H3. The van der Waals surface area contributed by atoms with Crippen molar-refractivity contribution in [1.29, 1.82) is 0 Å². The number of allylic oxidation sites excluding steroid dienone is 1. The van der Waals surface area contributed by atoms with Gasteiger partial charge in [0.1, 0.15) is 0 Å². The molecule has 0 radical (unpaired) electrons. The highest BCUT2D eigenvalue weighted by atomic mass is 15.0. The summed E-state index contributed by atoms with van der Waals surface area (Å²) >= 11 is 0. The van der Waals surface area contributed by atoms with Crippen molar-refractivity contribution in [3.8, 4) is 0 Å². The van der Waals surface area contributed by atoms with E-state index in [-0.39, 0.29) is 0 Å². The van der Waals surface area contributed by atoms with Crippen molar-refractivity contribution in [3.63, 3.8) is 0 Å². The predicted octanol–water partition coefficient (Wildman–Crippen LogP) is 4.33. The number of aromatic nitrogens is 1. The molecular weight excluding hydrogens is 244 g/mol. The predicted molar refractivity (Wildman–Crippen MR) is 88.2 cm³/mol. The van der Waals surface area contributed by atoms with Gasteiger partial charge in [0.25, 0.3) is 0 Å². The highest BCUT2D eigenvalue weighted by Crippen LogP contribution is 2.27. The molecule has 2 heteroatoms. The second-order valence-electron chi connectivity index (χ2n) is 5.78. The second kappa shape index (κ2) is 6.27. The van der Waals surface area contributed by atoms with Gasteiger partial charge in [0.15, 0.2) is 0 Å². The zero-order valence-corrected chi connectivity index (χ0v) is 13.2. The zero-order chi connectivity index (χ0) is 14.7. The monoisotopic (exact) mass is 270 g/mol. The van der Waals surface area contributed by atoms with E-state index in [4.69, 9.17) is 0 Å². The van der Waals surface area contributed by atoms with Crippen LogP contribution in [-0.4, -0.2) is 11.1 Å². The van der Waals surface area contributed by atoms with Crippen LogP contribution in [0.4, 0.5) is 0 Å². The molecule has 0 bridgehead atoms. The first kappa shape index (κ1) is 14.9. The van der Waals surface area contributed by atoms with Gasteiger partial charge in [0, 0.05) is 29.7 Å². The molecule has 0 saturated carbocycles. The van der Waals surface area contributed by atoms with Crippen LogP contribution in [0.3, 0.4) is 0 Å².